The summed E-state index contributed by atoms with van der Waals surface area (Å²) in [6.07, 6.45) is 0. The zero-order chi connectivity index (χ0) is 11.3. The van der Waals surface area contributed by atoms with Gasteiger partial charge in [-0.1, -0.05) is 0 Å². The third-order valence-corrected chi connectivity index (χ3v) is 1.98. The molecule has 0 aromatic heterocycles. The minimum atomic E-state index is -0.295. The van der Waals surface area contributed by atoms with E-state index in [0.29, 0.717) is 17.9 Å². The molecule has 0 saturated heterocycles. The number of nitrogen functional groups attached to an aromatic ring is 1. The first-order valence-corrected chi connectivity index (χ1v) is 4.91. The molecule has 0 aliphatic carbocycles. The Morgan fingerprint density at radius 2 is 1.88 bits per heavy atom. The second-order valence-corrected chi connectivity index (χ2v) is 3.72. The number of nitrogens with two attached hydrogens (primary N) is 1. The van der Waals surface area contributed by atoms with Crippen molar-refractivity contribution in [2.24, 2.45) is 0 Å². The van der Waals surface area contributed by atoms with E-state index in [-0.39, 0.29) is 18.4 Å². The highest BCUT2D eigenvalue weighted by Crippen LogP contribution is 2.06. The van der Waals surface area contributed by atoms with Crippen molar-refractivity contribution in [2.45, 2.75) is 0 Å². The van der Waals surface area contributed by atoms with Crippen LogP contribution in [0.15, 0.2) is 24.3 Å². The lowest BCUT2D eigenvalue weighted by Gasteiger charge is -2.07. The summed E-state index contributed by atoms with van der Waals surface area (Å²) in [5.74, 6) is -0.295. The molecular formula is C11H17ClN2O2. The average molecular weight is 245 g/mol. The summed E-state index contributed by atoms with van der Waals surface area (Å²) in [5.41, 5.74) is 6.69. The van der Waals surface area contributed by atoms with Gasteiger partial charge < -0.3 is 27.8 Å². The smallest absolute Gasteiger partial charge is 0.338 e. The van der Waals surface area contributed by atoms with Gasteiger partial charge in [-0.15, -0.1) is 0 Å². The van der Waals surface area contributed by atoms with Crippen molar-refractivity contribution in [3.05, 3.63) is 29.8 Å². The number of benzene rings is 1. The van der Waals surface area contributed by atoms with Crippen LogP contribution in [0.1, 0.15) is 10.4 Å². The summed E-state index contributed by atoms with van der Waals surface area (Å²) in [4.78, 5) is 12.7. The molecule has 0 radical (unpaired) electrons. The van der Waals surface area contributed by atoms with Crippen LogP contribution >= 0.6 is 0 Å². The molecular weight excluding hydrogens is 228 g/mol. The van der Waals surface area contributed by atoms with Gasteiger partial charge in [-0.25, -0.2) is 4.79 Å². The van der Waals surface area contributed by atoms with Gasteiger partial charge >= 0.3 is 5.97 Å². The summed E-state index contributed by atoms with van der Waals surface area (Å²) in [6.45, 7) is 1.24. The summed E-state index contributed by atoms with van der Waals surface area (Å²) < 4.78 is 5.08. The lowest BCUT2D eigenvalue weighted by Crippen LogP contribution is -3.06. The largest absolute Gasteiger partial charge is 1.00 e. The second-order valence-electron chi connectivity index (χ2n) is 3.72. The van der Waals surface area contributed by atoms with E-state index in [2.05, 4.69) is 0 Å². The first kappa shape index (κ1) is 14.7. The maximum Gasteiger partial charge on any atom is 0.338 e. The topological polar surface area (TPSA) is 56.8 Å². The van der Waals surface area contributed by atoms with Gasteiger partial charge in [-0.3, -0.25) is 0 Å². The second kappa shape index (κ2) is 7.09. The van der Waals surface area contributed by atoms with Gasteiger partial charge in [0.05, 0.1) is 19.7 Å². The van der Waals surface area contributed by atoms with E-state index in [1.165, 1.54) is 4.90 Å². The highest BCUT2D eigenvalue weighted by atomic mass is 35.5. The van der Waals surface area contributed by atoms with Crippen LogP contribution in [0.5, 0.6) is 0 Å². The zero-order valence-electron chi connectivity index (χ0n) is 9.50. The van der Waals surface area contributed by atoms with Crippen LogP contribution < -0.4 is 23.0 Å². The van der Waals surface area contributed by atoms with Crippen LogP contribution in [0.4, 0.5) is 5.69 Å². The van der Waals surface area contributed by atoms with Crippen LogP contribution in [0, 0.1) is 0 Å². The molecule has 0 amide bonds. The average Bonchev–Trinajstić information content (AvgIpc) is 2.18. The van der Waals surface area contributed by atoms with E-state index in [9.17, 15) is 4.79 Å². The van der Waals surface area contributed by atoms with Crippen LogP contribution in [-0.4, -0.2) is 33.2 Å². The molecule has 0 unspecified atom stereocenters. The van der Waals surface area contributed by atoms with Gasteiger partial charge in [0.2, 0.25) is 0 Å². The molecule has 1 aromatic carbocycles. The Morgan fingerprint density at radius 3 is 2.38 bits per heavy atom. The lowest BCUT2D eigenvalue weighted by molar-refractivity contribution is -0.858. The Labute approximate surface area is 102 Å². The number of ether oxygens (including phenoxy) is 1. The number of carbonyl (C=O) groups is 1. The number of nitrogens with one attached hydrogen (secondary N) is 1. The fourth-order valence-corrected chi connectivity index (χ4v) is 1.05. The number of likely N-dealkylation sites (N-methyl/N-ethyl adjacent to an activating group) is 1. The molecule has 0 fully saturated rings. The highest BCUT2D eigenvalue weighted by Gasteiger charge is 2.06. The fourth-order valence-electron chi connectivity index (χ4n) is 1.05. The first-order valence-electron chi connectivity index (χ1n) is 4.91. The standard InChI is InChI=1S/C11H16N2O2.ClH/c1-13(2)7-8-15-11(14)9-3-5-10(12)6-4-9;/h3-6H,7-8,12H2,1-2H3;1H. The number of esters is 1. The predicted octanol–water partition coefficient (Wildman–Crippen LogP) is -3.43. The molecule has 0 heterocycles. The Kier molecular flexibility index (Phi) is 6.53. The summed E-state index contributed by atoms with van der Waals surface area (Å²) in [7, 11) is 4.02. The quantitative estimate of drug-likeness (QED) is 0.428. The van der Waals surface area contributed by atoms with Gasteiger partial charge in [-0.2, -0.15) is 0 Å². The van der Waals surface area contributed by atoms with E-state index >= 15 is 0 Å². The number of halogens is 1. The van der Waals surface area contributed by atoms with Gasteiger partial charge in [0.15, 0.2) is 0 Å². The molecule has 0 spiro atoms. The number of quaternary nitrogens is 1. The molecule has 3 N–H and O–H groups in total. The maximum absolute atomic E-state index is 11.5. The Morgan fingerprint density at radius 1 is 1.31 bits per heavy atom. The molecule has 16 heavy (non-hydrogen) atoms. The first-order chi connectivity index (χ1) is 7.09. The van der Waals surface area contributed by atoms with Crippen LogP contribution in [-0.2, 0) is 4.74 Å². The number of hydrogen-bond acceptors (Lipinski definition) is 3. The minimum absolute atomic E-state index is 0. The molecule has 5 heteroatoms. The highest BCUT2D eigenvalue weighted by molar-refractivity contribution is 5.89. The summed E-state index contributed by atoms with van der Waals surface area (Å²) in [6, 6.07) is 6.71. The van der Waals surface area contributed by atoms with E-state index in [4.69, 9.17) is 10.5 Å². The Bertz CT molecular complexity index is 325. The molecule has 0 atom stereocenters. The predicted molar refractivity (Wildman–Crippen MR) is 58.8 cm³/mol. The van der Waals surface area contributed by atoms with Crippen molar-refractivity contribution in [1.82, 2.24) is 0 Å². The van der Waals surface area contributed by atoms with Crippen molar-refractivity contribution < 1.29 is 26.8 Å². The van der Waals surface area contributed by atoms with Gasteiger partial charge in [0.1, 0.15) is 13.2 Å². The molecule has 0 saturated carbocycles. The van der Waals surface area contributed by atoms with Gasteiger partial charge in [0.25, 0.3) is 0 Å². The van der Waals surface area contributed by atoms with Crippen LogP contribution in [0.3, 0.4) is 0 Å². The minimum Gasteiger partial charge on any atom is -1.00 e. The lowest BCUT2D eigenvalue weighted by atomic mass is 10.2. The molecule has 4 nitrogen and oxygen atoms in total. The number of hydrogen-bond donors (Lipinski definition) is 2. The van der Waals surface area contributed by atoms with Crippen molar-refractivity contribution in [2.75, 3.05) is 33.0 Å². The third-order valence-electron chi connectivity index (χ3n) is 1.98. The van der Waals surface area contributed by atoms with E-state index < -0.39 is 0 Å². The Hall–Kier alpha value is -1.26. The van der Waals surface area contributed by atoms with Gasteiger partial charge in [0, 0.05) is 5.69 Å². The Balaban J connectivity index is 0.00000225. The molecule has 90 valence electrons. The molecule has 0 aliphatic heterocycles. The number of rotatable bonds is 4. The fraction of sp³-hybridized carbons (Fsp3) is 0.364. The molecule has 1 rings (SSSR count). The third kappa shape index (κ3) is 5.00. The maximum atomic E-state index is 11.5. The molecule has 0 aliphatic rings. The normalized spacial score (nSPS) is 9.69. The van der Waals surface area contributed by atoms with Crippen molar-refractivity contribution in [3.8, 4) is 0 Å². The van der Waals surface area contributed by atoms with Crippen molar-refractivity contribution in [3.63, 3.8) is 0 Å². The van der Waals surface area contributed by atoms with E-state index in [0.717, 1.165) is 6.54 Å². The van der Waals surface area contributed by atoms with Crippen molar-refractivity contribution in [1.29, 1.82) is 0 Å². The van der Waals surface area contributed by atoms with Gasteiger partial charge in [-0.05, 0) is 24.3 Å². The number of anilines is 1. The van der Waals surface area contributed by atoms with Crippen LogP contribution in [0.2, 0.25) is 0 Å². The summed E-state index contributed by atoms with van der Waals surface area (Å²) >= 11 is 0. The summed E-state index contributed by atoms with van der Waals surface area (Å²) in [5, 5.41) is 0. The monoisotopic (exact) mass is 244 g/mol. The number of carbonyl (C=O) groups excluding carboxylic acids is 1. The van der Waals surface area contributed by atoms with E-state index in [1.807, 2.05) is 14.1 Å². The zero-order valence-corrected chi connectivity index (χ0v) is 10.3. The molecule has 1 aromatic rings. The van der Waals surface area contributed by atoms with E-state index in [1.54, 1.807) is 24.3 Å². The van der Waals surface area contributed by atoms with Crippen molar-refractivity contribution >= 4 is 11.7 Å². The SMILES string of the molecule is C[NH+](C)CCOC(=O)c1ccc(N)cc1.[Cl-]. The van der Waals surface area contributed by atoms with Crippen LogP contribution in [0.25, 0.3) is 0 Å². The molecule has 0 bridgehead atoms.